The van der Waals surface area contributed by atoms with E-state index >= 15 is 0 Å². The van der Waals surface area contributed by atoms with Crippen LogP contribution in [0.25, 0.3) is 21.5 Å². The fraction of sp³-hybridized carbons (Fsp3) is 0.148. The highest BCUT2D eigenvalue weighted by Gasteiger charge is 2.25. The molecule has 0 radical (unpaired) electrons. The fourth-order valence-electron chi connectivity index (χ4n) is 3.85. The first-order valence-corrected chi connectivity index (χ1v) is 11.6. The summed E-state index contributed by atoms with van der Waals surface area (Å²) in [4.78, 5) is 25.6. The van der Waals surface area contributed by atoms with E-state index in [0.717, 1.165) is 27.1 Å². The van der Waals surface area contributed by atoms with Gasteiger partial charge in [0.15, 0.2) is 0 Å². The van der Waals surface area contributed by atoms with E-state index in [2.05, 4.69) is 21.9 Å². The molecule has 1 unspecified atom stereocenters. The Balaban J connectivity index is 1.56. The third-order valence-electron chi connectivity index (χ3n) is 5.59. The Hall–Kier alpha value is -3.41. The van der Waals surface area contributed by atoms with Gasteiger partial charge in [0.1, 0.15) is 6.04 Å². The molecule has 34 heavy (non-hydrogen) atoms. The standard InChI is InChI=1S/C27H23Cl2N3O2/c1-16(2)25(31-26(33)22-12-11-19(28)14-24(22)29)27(34)32-30-15-23-20-9-5-3-7-17(20)13-18-8-4-6-10-21(18)23/h3-16,25H,1-2H3,(H,31,33)(H,32,34)/b30-15-. The Labute approximate surface area is 207 Å². The predicted octanol–water partition coefficient (Wildman–Crippen LogP) is 6.20. The van der Waals surface area contributed by atoms with Crippen LogP contribution in [-0.2, 0) is 4.79 Å². The molecule has 0 fully saturated rings. The van der Waals surface area contributed by atoms with Crippen LogP contribution in [0.5, 0.6) is 0 Å². The van der Waals surface area contributed by atoms with Gasteiger partial charge in [-0.2, -0.15) is 5.10 Å². The number of nitrogens with zero attached hydrogens (tertiary/aromatic N) is 1. The molecule has 4 rings (SSSR count). The minimum atomic E-state index is -0.805. The highest BCUT2D eigenvalue weighted by atomic mass is 35.5. The van der Waals surface area contributed by atoms with E-state index in [1.807, 2.05) is 62.4 Å². The molecule has 0 bridgehead atoms. The second-order valence-electron chi connectivity index (χ2n) is 8.29. The number of fused-ring (bicyclic) bond motifs is 2. The van der Waals surface area contributed by atoms with Crippen molar-refractivity contribution in [2.24, 2.45) is 11.0 Å². The highest BCUT2D eigenvalue weighted by Crippen LogP contribution is 2.27. The van der Waals surface area contributed by atoms with Crippen molar-refractivity contribution in [2.75, 3.05) is 0 Å². The van der Waals surface area contributed by atoms with E-state index in [1.54, 1.807) is 12.3 Å². The molecule has 0 saturated heterocycles. The Morgan fingerprint density at radius 2 is 1.50 bits per heavy atom. The smallest absolute Gasteiger partial charge is 0.262 e. The maximum absolute atomic E-state index is 12.9. The first-order valence-electron chi connectivity index (χ1n) is 10.8. The third-order valence-corrected chi connectivity index (χ3v) is 6.14. The molecule has 2 N–H and O–H groups in total. The Kier molecular flexibility index (Phi) is 7.15. The van der Waals surface area contributed by atoms with Crippen LogP contribution in [0.2, 0.25) is 10.0 Å². The van der Waals surface area contributed by atoms with Crippen molar-refractivity contribution in [1.82, 2.24) is 10.7 Å². The van der Waals surface area contributed by atoms with Crippen molar-refractivity contribution in [3.05, 3.63) is 94.0 Å². The Morgan fingerprint density at radius 1 is 0.882 bits per heavy atom. The Morgan fingerprint density at radius 3 is 2.09 bits per heavy atom. The van der Waals surface area contributed by atoms with Gasteiger partial charge < -0.3 is 5.32 Å². The van der Waals surface area contributed by atoms with E-state index in [9.17, 15) is 9.59 Å². The van der Waals surface area contributed by atoms with Crippen LogP contribution in [0, 0.1) is 5.92 Å². The molecule has 1 atom stereocenters. The molecule has 0 aliphatic carbocycles. The van der Waals surface area contributed by atoms with Gasteiger partial charge in [0.05, 0.1) is 16.8 Å². The summed E-state index contributed by atoms with van der Waals surface area (Å²) < 4.78 is 0. The molecular formula is C27H23Cl2N3O2. The van der Waals surface area contributed by atoms with Crippen molar-refractivity contribution in [2.45, 2.75) is 19.9 Å². The van der Waals surface area contributed by atoms with Gasteiger partial charge in [-0.05, 0) is 51.7 Å². The number of benzene rings is 4. The summed E-state index contributed by atoms with van der Waals surface area (Å²) in [5, 5.41) is 11.9. The number of amides is 2. The highest BCUT2D eigenvalue weighted by molar-refractivity contribution is 6.36. The molecule has 4 aromatic carbocycles. The van der Waals surface area contributed by atoms with Crippen LogP contribution in [0.1, 0.15) is 29.8 Å². The van der Waals surface area contributed by atoms with Gasteiger partial charge in [0.25, 0.3) is 11.8 Å². The quantitative estimate of drug-likeness (QED) is 0.191. The summed E-state index contributed by atoms with van der Waals surface area (Å²) in [7, 11) is 0. The molecule has 0 aromatic heterocycles. The van der Waals surface area contributed by atoms with E-state index < -0.39 is 17.9 Å². The maximum atomic E-state index is 12.9. The number of rotatable bonds is 6. The normalized spacial score (nSPS) is 12.4. The lowest BCUT2D eigenvalue weighted by Gasteiger charge is -2.20. The van der Waals surface area contributed by atoms with Gasteiger partial charge in [0.2, 0.25) is 0 Å². The molecule has 0 spiro atoms. The minimum Gasteiger partial charge on any atom is -0.340 e. The van der Waals surface area contributed by atoms with Gasteiger partial charge >= 0.3 is 0 Å². The zero-order chi connectivity index (χ0) is 24.2. The average Bonchev–Trinajstić information content (AvgIpc) is 2.81. The first-order chi connectivity index (χ1) is 16.3. The van der Waals surface area contributed by atoms with E-state index in [1.165, 1.54) is 12.1 Å². The van der Waals surface area contributed by atoms with Crippen molar-refractivity contribution in [3.8, 4) is 0 Å². The molecule has 4 aromatic rings. The third kappa shape index (κ3) is 5.06. The van der Waals surface area contributed by atoms with Crippen LogP contribution in [0.4, 0.5) is 0 Å². The van der Waals surface area contributed by atoms with Crippen molar-refractivity contribution in [1.29, 1.82) is 0 Å². The van der Waals surface area contributed by atoms with E-state index in [4.69, 9.17) is 23.2 Å². The Bertz CT molecular complexity index is 1360. The van der Waals surface area contributed by atoms with Gasteiger partial charge in [-0.3, -0.25) is 9.59 Å². The monoisotopic (exact) mass is 491 g/mol. The summed E-state index contributed by atoms with van der Waals surface area (Å²) in [6.45, 7) is 3.69. The van der Waals surface area contributed by atoms with Gasteiger partial charge in [-0.25, -0.2) is 5.43 Å². The summed E-state index contributed by atoms with van der Waals surface area (Å²) in [5.41, 5.74) is 3.74. The second kappa shape index (κ2) is 10.2. The van der Waals surface area contributed by atoms with Crippen LogP contribution in [-0.4, -0.2) is 24.1 Å². The van der Waals surface area contributed by atoms with Gasteiger partial charge in [0, 0.05) is 10.6 Å². The number of hydrogen-bond donors (Lipinski definition) is 2. The van der Waals surface area contributed by atoms with Crippen molar-refractivity contribution >= 4 is 62.8 Å². The number of hydrazone groups is 1. The van der Waals surface area contributed by atoms with Crippen molar-refractivity contribution < 1.29 is 9.59 Å². The van der Waals surface area contributed by atoms with Crippen LogP contribution >= 0.6 is 23.2 Å². The van der Waals surface area contributed by atoms with E-state index in [-0.39, 0.29) is 16.5 Å². The fourth-order valence-corrected chi connectivity index (χ4v) is 4.34. The van der Waals surface area contributed by atoms with Gasteiger partial charge in [-0.1, -0.05) is 85.6 Å². The number of hydrogen-bond acceptors (Lipinski definition) is 3. The van der Waals surface area contributed by atoms with Crippen LogP contribution in [0.3, 0.4) is 0 Å². The predicted molar refractivity (Wildman–Crippen MR) is 140 cm³/mol. The molecule has 5 nitrogen and oxygen atoms in total. The summed E-state index contributed by atoms with van der Waals surface area (Å²) in [5.74, 6) is -1.06. The van der Waals surface area contributed by atoms with E-state index in [0.29, 0.717) is 5.02 Å². The van der Waals surface area contributed by atoms with Gasteiger partial charge in [-0.15, -0.1) is 0 Å². The number of carbonyl (C=O) groups is 2. The van der Waals surface area contributed by atoms with Crippen LogP contribution in [0.15, 0.2) is 77.9 Å². The number of nitrogens with one attached hydrogen (secondary N) is 2. The molecule has 0 heterocycles. The molecule has 7 heteroatoms. The molecular weight excluding hydrogens is 469 g/mol. The average molecular weight is 492 g/mol. The van der Waals surface area contributed by atoms with Crippen molar-refractivity contribution in [3.63, 3.8) is 0 Å². The lowest BCUT2D eigenvalue weighted by Crippen LogP contribution is -2.48. The zero-order valence-electron chi connectivity index (χ0n) is 18.7. The number of halogens is 2. The minimum absolute atomic E-state index is 0.177. The number of carbonyl (C=O) groups excluding carboxylic acids is 2. The maximum Gasteiger partial charge on any atom is 0.262 e. The topological polar surface area (TPSA) is 70.6 Å². The summed E-state index contributed by atoms with van der Waals surface area (Å²) in [6.07, 6.45) is 1.65. The molecule has 0 aliphatic rings. The zero-order valence-corrected chi connectivity index (χ0v) is 20.2. The largest absolute Gasteiger partial charge is 0.340 e. The lowest BCUT2D eigenvalue weighted by molar-refractivity contribution is -0.123. The lowest BCUT2D eigenvalue weighted by atomic mass is 9.97. The molecule has 2 amide bonds. The molecule has 0 aliphatic heterocycles. The molecule has 172 valence electrons. The summed E-state index contributed by atoms with van der Waals surface area (Å²) in [6, 6.07) is 22.0. The second-order valence-corrected chi connectivity index (χ2v) is 9.13. The van der Waals surface area contributed by atoms with Crippen LogP contribution < -0.4 is 10.7 Å². The molecule has 0 saturated carbocycles. The first kappa shape index (κ1) is 23.7. The summed E-state index contributed by atoms with van der Waals surface area (Å²) >= 11 is 12.1. The SMILES string of the molecule is CC(C)C(NC(=O)c1ccc(Cl)cc1Cl)C(=O)N/N=C\c1c2ccccc2cc2ccccc12.